The van der Waals surface area contributed by atoms with Crippen LogP contribution in [0.5, 0.6) is 0 Å². The molecule has 2 aromatic rings. The van der Waals surface area contributed by atoms with Crippen molar-refractivity contribution < 1.29 is 9.90 Å². The van der Waals surface area contributed by atoms with Crippen LogP contribution in [-0.2, 0) is 0 Å². The van der Waals surface area contributed by atoms with Gasteiger partial charge in [-0.3, -0.25) is 9.89 Å². The van der Waals surface area contributed by atoms with Crippen LogP contribution in [0.2, 0.25) is 0 Å². The number of aromatic amines is 1. The summed E-state index contributed by atoms with van der Waals surface area (Å²) in [4.78, 5) is 17.1. The van der Waals surface area contributed by atoms with Gasteiger partial charge in [-0.25, -0.2) is 4.98 Å². The number of carbonyl (C=O) groups is 1. The van der Waals surface area contributed by atoms with Crippen molar-refractivity contribution in [1.82, 2.24) is 25.1 Å². The molecule has 3 atom stereocenters. The summed E-state index contributed by atoms with van der Waals surface area (Å²) in [6, 6.07) is 4.27. The summed E-state index contributed by atoms with van der Waals surface area (Å²) in [5.41, 5.74) is 0.716. The molecule has 2 heterocycles. The van der Waals surface area contributed by atoms with Gasteiger partial charge in [0.1, 0.15) is 11.5 Å². The topological polar surface area (TPSA) is 95.8 Å². The van der Waals surface area contributed by atoms with Gasteiger partial charge < -0.3 is 15.0 Å². The Kier molecular flexibility index (Phi) is 4.56. The molecule has 0 radical (unpaired) electrons. The van der Waals surface area contributed by atoms with Gasteiger partial charge in [0.15, 0.2) is 5.82 Å². The van der Waals surface area contributed by atoms with Crippen molar-refractivity contribution in [3.63, 3.8) is 0 Å². The number of nitrogens with zero attached hydrogens (tertiary/aromatic N) is 3. The Morgan fingerprint density at radius 3 is 2.92 bits per heavy atom. The minimum Gasteiger partial charge on any atom is -0.393 e. The maximum absolute atomic E-state index is 12.5. The third kappa shape index (κ3) is 3.40. The molecule has 0 saturated heterocycles. The Labute approximate surface area is 153 Å². The number of H-pyrrole nitrogens is 1. The first-order valence-corrected chi connectivity index (χ1v) is 9.58. The van der Waals surface area contributed by atoms with Gasteiger partial charge in [-0.1, -0.05) is 13.8 Å². The Morgan fingerprint density at radius 2 is 2.23 bits per heavy atom. The van der Waals surface area contributed by atoms with Crippen molar-refractivity contribution in [2.75, 3.05) is 6.54 Å². The largest absolute Gasteiger partial charge is 0.393 e. The van der Waals surface area contributed by atoms with Crippen molar-refractivity contribution in [1.29, 1.82) is 0 Å². The zero-order valence-electron chi connectivity index (χ0n) is 15.4. The summed E-state index contributed by atoms with van der Waals surface area (Å²) in [6.45, 7) is 4.61. The molecule has 2 aromatic heterocycles. The van der Waals surface area contributed by atoms with Crippen molar-refractivity contribution in [2.45, 2.75) is 63.5 Å². The Morgan fingerprint density at radius 1 is 1.42 bits per heavy atom. The standard InChI is InChI=1S/C19H27N5O2/c1-11(2)17-21-18(23-22-17)12-8-13(16(25)9-12)10-20-19(26)15-4-3-7-24(15)14-5-6-14/h3-4,7,11-14,16,25H,5-6,8-10H2,1-2H3,(H,20,26)(H,21,22,23)/t12-,13+,16+/m0/s1. The first kappa shape index (κ1) is 17.3. The number of aromatic nitrogens is 4. The Hall–Kier alpha value is -2.15. The quantitative estimate of drug-likeness (QED) is 0.739. The van der Waals surface area contributed by atoms with Crippen LogP contribution >= 0.6 is 0 Å². The number of nitrogens with one attached hydrogen (secondary N) is 2. The first-order chi connectivity index (χ1) is 12.5. The molecular weight excluding hydrogens is 330 g/mol. The van der Waals surface area contributed by atoms with Gasteiger partial charge in [-0.2, -0.15) is 5.10 Å². The highest BCUT2D eigenvalue weighted by molar-refractivity contribution is 5.92. The zero-order valence-corrected chi connectivity index (χ0v) is 15.4. The van der Waals surface area contributed by atoms with Crippen molar-refractivity contribution in [3.05, 3.63) is 35.7 Å². The lowest BCUT2D eigenvalue weighted by Gasteiger charge is -2.15. The second-order valence-corrected chi connectivity index (χ2v) is 7.97. The molecule has 7 heteroatoms. The first-order valence-electron chi connectivity index (χ1n) is 9.58. The van der Waals surface area contributed by atoms with E-state index in [-0.39, 0.29) is 23.7 Å². The van der Waals surface area contributed by atoms with Gasteiger partial charge in [0.2, 0.25) is 0 Å². The van der Waals surface area contributed by atoms with Crippen molar-refractivity contribution in [3.8, 4) is 0 Å². The number of aliphatic hydroxyl groups excluding tert-OH is 1. The lowest BCUT2D eigenvalue weighted by molar-refractivity contribution is 0.0907. The maximum atomic E-state index is 12.5. The van der Waals surface area contributed by atoms with E-state index in [4.69, 9.17) is 0 Å². The lowest BCUT2D eigenvalue weighted by atomic mass is 10.0. The molecule has 3 N–H and O–H groups in total. The monoisotopic (exact) mass is 357 g/mol. The third-order valence-corrected chi connectivity index (χ3v) is 5.56. The van der Waals surface area contributed by atoms with Gasteiger partial charge in [0.05, 0.1) is 6.10 Å². The van der Waals surface area contributed by atoms with E-state index in [0.29, 0.717) is 24.7 Å². The van der Waals surface area contributed by atoms with E-state index in [2.05, 4.69) is 38.9 Å². The fourth-order valence-electron chi connectivity index (χ4n) is 3.85. The maximum Gasteiger partial charge on any atom is 0.267 e. The van der Waals surface area contributed by atoms with Gasteiger partial charge in [-0.05, 0) is 37.8 Å². The molecule has 2 saturated carbocycles. The molecular formula is C19H27N5O2. The SMILES string of the molecule is CC(C)c1n[nH]c([C@H]2C[C@H](CNC(=O)c3cccn3C3CC3)[C@H](O)C2)n1. The molecule has 2 fully saturated rings. The number of aliphatic hydroxyl groups is 1. The van der Waals surface area contributed by atoms with Crippen molar-refractivity contribution >= 4 is 5.91 Å². The van der Waals surface area contributed by atoms with E-state index in [0.717, 1.165) is 30.9 Å². The molecule has 4 rings (SSSR count). The van der Waals surface area contributed by atoms with E-state index in [1.165, 1.54) is 0 Å². The highest BCUT2D eigenvalue weighted by atomic mass is 16.3. The van der Waals surface area contributed by atoms with Crippen LogP contribution in [0.3, 0.4) is 0 Å². The second-order valence-electron chi connectivity index (χ2n) is 7.97. The fourth-order valence-corrected chi connectivity index (χ4v) is 3.85. The molecule has 0 unspecified atom stereocenters. The van der Waals surface area contributed by atoms with Crippen LogP contribution in [-0.4, -0.2) is 43.4 Å². The van der Waals surface area contributed by atoms with Gasteiger partial charge in [-0.15, -0.1) is 0 Å². The Balaban J connectivity index is 1.34. The normalized spacial score (nSPS) is 25.8. The number of amides is 1. The molecule has 7 nitrogen and oxygen atoms in total. The molecule has 140 valence electrons. The van der Waals surface area contributed by atoms with E-state index >= 15 is 0 Å². The summed E-state index contributed by atoms with van der Waals surface area (Å²) < 4.78 is 2.06. The van der Waals surface area contributed by atoms with Crippen LogP contribution in [0, 0.1) is 5.92 Å². The summed E-state index contributed by atoms with van der Waals surface area (Å²) in [5.74, 6) is 2.10. The van der Waals surface area contributed by atoms with Gasteiger partial charge in [0.25, 0.3) is 5.91 Å². The molecule has 2 aliphatic rings. The molecule has 26 heavy (non-hydrogen) atoms. The predicted octanol–water partition coefficient (Wildman–Crippen LogP) is 2.35. The average Bonchev–Trinajstić information content (AvgIpc) is 3.04. The summed E-state index contributed by atoms with van der Waals surface area (Å²) in [6.07, 6.45) is 5.30. The van der Waals surface area contributed by atoms with Crippen LogP contribution in [0.4, 0.5) is 0 Å². The van der Waals surface area contributed by atoms with Crippen LogP contribution < -0.4 is 5.32 Å². The summed E-state index contributed by atoms with van der Waals surface area (Å²) >= 11 is 0. The van der Waals surface area contributed by atoms with Crippen LogP contribution in [0.1, 0.15) is 79.5 Å². The van der Waals surface area contributed by atoms with E-state index in [9.17, 15) is 9.90 Å². The average molecular weight is 357 g/mol. The minimum absolute atomic E-state index is 0.0425. The van der Waals surface area contributed by atoms with Gasteiger partial charge in [0, 0.05) is 36.5 Å². The number of hydrogen-bond acceptors (Lipinski definition) is 4. The highest BCUT2D eigenvalue weighted by Crippen LogP contribution is 2.38. The number of carbonyl (C=O) groups excluding carboxylic acids is 1. The van der Waals surface area contributed by atoms with Crippen LogP contribution in [0.15, 0.2) is 18.3 Å². The molecule has 0 bridgehead atoms. The third-order valence-electron chi connectivity index (χ3n) is 5.56. The van der Waals surface area contributed by atoms with E-state index in [1.807, 2.05) is 18.3 Å². The van der Waals surface area contributed by atoms with E-state index < -0.39 is 6.10 Å². The smallest absolute Gasteiger partial charge is 0.267 e. The van der Waals surface area contributed by atoms with E-state index in [1.54, 1.807) is 0 Å². The fraction of sp³-hybridized carbons (Fsp3) is 0.632. The van der Waals surface area contributed by atoms with Crippen LogP contribution in [0.25, 0.3) is 0 Å². The number of hydrogen-bond donors (Lipinski definition) is 3. The molecule has 1 amide bonds. The lowest BCUT2D eigenvalue weighted by Crippen LogP contribution is -2.33. The minimum atomic E-state index is -0.428. The summed E-state index contributed by atoms with van der Waals surface area (Å²) in [7, 11) is 0. The number of rotatable bonds is 6. The molecule has 0 aromatic carbocycles. The second kappa shape index (κ2) is 6.87. The predicted molar refractivity (Wildman–Crippen MR) is 97.0 cm³/mol. The molecule has 0 aliphatic heterocycles. The molecule has 0 spiro atoms. The summed E-state index contributed by atoms with van der Waals surface area (Å²) in [5, 5.41) is 20.7. The zero-order chi connectivity index (χ0) is 18.3. The Bertz CT molecular complexity index is 776. The van der Waals surface area contributed by atoms with Crippen molar-refractivity contribution in [2.24, 2.45) is 5.92 Å². The van der Waals surface area contributed by atoms with Gasteiger partial charge >= 0.3 is 0 Å². The highest BCUT2D eigenvalue weighted by Gasteiger charge is 2.36. The molecule has 2 aliphatic carbocycles.